The summed E-state index contributed by atoms with van der Waals surface area (Å²) in [5, 5.41) is 2.52. The van der Waals surface area contributed by atoms with E-state index in [-0.39, 0.29) is 17.6 Å². The molecule has 3 rings (SSSR count). The number of ketones is 1. The molecule has 1 aromatic carbocycles. The number of allylic oxidation sites excluding steroid dienone is 2. The Morgan fingerprint density at radius 3 is 2.36 bits per heavy atom. The number of amides is 3. The Morgan fingerprint density at radius 1 is 1.11 bits per heavy atom. The van der Waals surface area contributed by atoms with Gasteiger partial charge < -0.3 is 10.1 Å². The number of likely N-dealkylation sites (tertiary alicyclic amines) is 1. The normalized spacial score (nSPS) is 20.7. The van der Waals surface area contributed by atoms with Crippen molar-refractivity contribution in [2.45, 2.75) is 19.8 Å². The largest absolute Gasteiger partial charge is 0.454 e. The minimum atomic E-state index is -0.832. The molecule has 0 unspecified atom stereocenters. The van der Waals surface area contributed by atoms with Gasteiger partial charge in [0.1, 0.15) is 6.54 Å². The van der Waals surface area contributed by atoms with Crippen LogP contribution in [0.4, 0.5) is 5.69 Å². The Morgan fingerprint density at radius 2 is 1.75 bits per heavy atom. The molecule has 8 heteroatoms. The van der Waals surface area contributed by atoms with Crippen molar-refractivity contribution in [1.29, 1.82) is 0 Å². The average Bonchev–Trinajstić information content (AvgIpc) is 2.92. The van der Waals surface area contributed by atoms with Gasteiger partial charge in [0.25, 0.3) is 5.91 Å². The van der Waals surface area contributed by atoms with E-state index in [0.717, 1.165) is 4.90 Å². The van der Waals surface area contributed by atoms with E-state index in [0.29, 0.717) is 24.1 Å². The van der Waals surface area contributed by atoms with Gasteiger partial charge in [-0.1, -0.05) is 24.3 Å². The first kappa shape index (κ1) is 19.5. The van der Waals surface area contributed by atoms with E-state index in [1.54, 1.807) is 18.2 Å². The summed E-state index contributed by atoms with van der Waals surface area (Å²) < 4.78 is 4.89. The molecule has 0 saturated carbocycles. The molecule has 2 aliphatic rings. The summed E-state index contributed by atoms with van der Waals surface area (Å²) in [5.74, 6) is -3.14. The number of Topliss-reactive ketones (excluding diaryl/α,β-unsaturated/α-hetero) is 1. The first-order chi connectivity index (χ1) is 13.4. The highest BCUT2D eigenvalue weighted by Gasteiger charge is 2.47. The lowest BCUT2D eigenvalue weighted by molar-refractivity contribution is -0.154. The number of benzene rings is 1. The summed E-state index contributed by atoms with van der Waals surface area (Å²) in [7, 11) is 0. The van der Waals surface area contributed by atoms with Crippen molar-refractivity contribution in [3.05, 3.63) is 42.0 Å². The number of hydrogen-bond acceptors (Lipinski definition) is 6. The van der Waals surface area contributed by atoms with Crippen LogP contribution in [0.3, 0.4) is 0 Å². The zero-order valence-electron chi connectivity index (χ0n) is 15.3. The lowest BCUT2D eigenvalue weighted by Crippen LogP contribution is -2.37. The van der Waals surface area contributed by atoms with Gasteiger partial charge in [-0.05, 0) is 31.9 Å². The quantitative estimate of drug-likeness (QED) is 0.343. The van der Waals surface area contributed by atoms with E-state index in [2.05, 4.69) is 5.32 Å². The van der Waals surface area contributed by atoms with E-state index < -0.39 is 36.9 Å². The van der Waals surface area contributed by atoms with Gasteiger partial charge in [-0.15, -0.1) is 0 Å². The van der Waals surface area contributed by atoms with Crippen LogP contribution in [0.15, 0.2) is 36.4 Å². The molecule has 1 aliphatic heterocycles. The molecule has 1 aromatic rings. The zero-order chi connectivity index (χ0) is 20.3. The van der Waals surface area contributed by atoms with Crippen LogP contribution in [0.25, 0.3) is 0 Å². The van der Waals surface area contributed by atoms with Gasteiger partial charge in [0.05, 0.1) is 11.8 Å². The summed E-state index contributed by atoms with van der Waals surface area (Å²) >= 11 is 0. The van der Waals surface area contributed by atoms with Crippen molar-refractivity contribution in [1.82, 2.24) is 4.90 Å². The minimum Gasteiger partial charge on any atom is -0.454 e. The van der Waals surface area contributed by atoms with Gasteiger partial charge in [0, 0.05) is 11.3 Å². The van der Waals surface area contributed by atoms with Crippen LogP contribution in [0.1, 0.15) is 30.1 Å². The van der Waals surface area contributed by atoms with Gasteiger partial charge in [0.15, 0.2) is 12.4 Å². The smallest absolute Gasteiger partial charge is 0.326 e. The average molecular weight is 384 g/mol. The number of nitrogens with zero attached hydrogens (tertiary/aromatic N) is 1. The summed E-state index contributed by atoms with van der Waals surface area (Å²) in [6, 6.07) is 6.36. The third-order valence-corrected chi connectivity index (χ3v) is 4.80. The third kappa shape index (κ3) is 4.16. The number of nitrogens with one attached hydrogen (secondary N) is 1. The number of rotatable bonds is 6. The summed E-state index contributed by atoms with van der Waals surface area (Å²) in [4.78, 5) is 60.8. The van der Waals surface area contributed by atoms with Crippen LogP contribution >= 0.6 is 0 Å². The fourth-order valence-corrected chi connectivity index (χ4v) is 3.36. The van der Waals surface area contributed by atoms with Gasteiger partial charge in [-0.3, -0.25) is 28.9 Å². The van der Waals surface area contributed by atoms with Crippen LogP contribution in [0.2, 0.25) is 0 Å². The SMILES string of the molecule is CC(=O)c1cccc(NC(=O)COC(=O)CN2C(=O)[C@@H]3CC=CC[C@H]3C2=O)c1. The summed E-state index contributed by atoms with van der Waals surface area (Å²) in [6.45, 7) is 0.349. The number of ether oxygens (including phenoxy) is 1. The van der Waals surface area contributed by atoms with Crippen molar-refractivity contribution in [2.24, 2.45) is 11.8 Å². The molecule has 8 nitrogen and oxygen atoms in total. The maximum atomic E-state index is 12.3. The molecule has 1 saturated heterocycles. The highest BCUT2D eigenvalue weighted by atomic mass is 16.5. The summed E-state index contributed by atoms with van der Waals surface area (Å²) in [5.41, 5.74) is 0.840. The van der Waals surface area contributed by atoms with Crippen LogP contribution in [-0.2, 0) is 23.9 Å². The Bertz CT molecular complexity index is 849. The lowest BCUT2D eigenvalue weighted by Gasteiger charge is -2.14. The molecule has 0 bridgehead atoms. The molecule has 0 spiro atoms. The van der Waals surface area contributed by atoms with E-state index in [9.17, 15) is 24.0 Å². The Balaban J connectivity index is 1.50. The molecule has 1 heterocycles. The van der Waals surface area contributed by atoms with Crippen molar-refractivity contribution >= 4 is 35.2 Å². The lowest BCUT2D eigenvalue weighted by atomic mass is 9.85. The second-order valence-corrected chi connectivity index (χ2v) is 6.76. The predicted molar refractivity (Wildman–Crippen MR) is 98.1 cm³/mol. The fourth-order valence-electron chi connectivity index (χ4n) is 3.36. The third-order valence-electron chi connectivity index (χ3n) is 4.80. The molecule has 0 radical (unpaired) electrons. The van der Waals surface area contributed by atoms with Crippen molar-refractivity contribution in [3.63, 3.8) is 0 Å². The van der Waals surface area contributed by atoms with Gasteiger partial charge in [-0.25, -0.2) is 0 Å². The van der Waals surface area contributed by atoms with Crippen LogP contribution in [0.5, 0.6) is 0 Å². The Labute approximate surface area is 161 Å². The monoisotopic (exact) mass is 384 g/mol. The Kier molecular flexibility index (Phi) is 5.67. The number of fused-ring (bicyclic) bond motifs is 1. The van der Waals surface area contributed by atoms with E-state index >= 15 is 0 Å². The molecule has 1 N–H and O–H groups in total. The standard InChI is InChI=1S/C20H20N2O6/c1-12(23)13-5-4-6-14(9-13)21-17(24)11-28-18(25)10-22-19(26)15-7-2-3-8-16(15)20(22)27/h2-6,9,15-16H,7-8,10-11H2,1H3,(H,21,24)/t15-,16-/m1/s1. The van der Waals surface area contributed by atoms with E-state index in [1.165, 1.54) is 13.0 Å². The number of anilines is 1. The molecule has 1 aliphatic carbocycles. The highest BCUT2D eigenvalue weighted by Crippen LogP contribution is 2.34. The Hall–Kier alpha value is -3.29. The van der Waals surface area contributed by atoms with Crippen LogP contribution in [-0.4, -0.2) is 47.5 Å². The van der Waals surface area contributed by atoms with Gasteiger partial charge >= 0.3 is 5.97 Å². The molecule has 2 atom stereocenters. The van der Waals surface area contributed by atoms with Gasteiger partial charge in [-0.2, -0.15) is 0 Å². The first-order valence-electron chi connectivity index (χ1n) is 8.93. The highest BCUT2D eigenvalue weighted by molar-refractivity contribution is 6.07. The molecular formula is C20H20N2O6. The molecule has 3 amide bonds. The number of hydrogen-bond donors (Lipinski definition) is 1. The van der Waals surface area contributed by atoms with E-state index in [4.69, 9.17) is 4.74 Å². The maximum Gasteiger partial charge on any atom is 0.326 e. The van der Waals surface area contributed by atoms with Crippen LogP contribution in [0, 0.1) is 11.8 Å². The van der Waals surface area contributed by atoms with Crippen molar-refractivity contribution < 1.29 is 28.7 Å². The fraction of sp³-hybridized carbons (Fsp3) is 0.350. The maximum absolute atomic E-state index is 12.3. The van der Waals surface area contributed by atoms with E-state index in [1.807, 2.05) is 12.2 Å². The second kappa shape index (κ2) is 8.16. The number of imide groups is 1. The summed E-state index contributed by atoms with van der Waals surface area (Å²) in [6.07, 6.45) is 4.70. The topological polar surface area (TPSA) is 110 Å². The van der Waals surface area contributed by atoms with Crippen molar-refractivity contribution in [3.8, 4) is 0 Å². The second-order valence-electron chi connectivity index (χ2n) is 6.76. The minimum absolute atomic E-state index is 0.141. The molecule has 1 fully saturated rings. The molecular weight excluding hydrogens is 364 g/mol. The number of carbonyl (C=O) groups is 5. The first-order valence-corrected chi connectivity index (χ1v) is 8.93. The molecule has 28 heavy (non-hydrogen) atoms. The van der Waals surface area contributed by atoms with Gasteiger partial charge in [0.2, 0.25) is 11.8 Å². The predicted octanol–water partition coefficient (Wildman–Crippen LogP) is 1.32. The number of esters is 1. The van der Waals surface area contributed by atoms with Crippen LogP contribution < -0.4 is 5.32 Å². The van der Waals surface area contributed by atoms with Crippen molar-refractivity contribution in [2.75, 3.05) is 18.5 Å². The number of carbonyl (C=O) groups excluding carboxylic acids is 5. The molecule has 0 aromatic heterocycles. The zero-order valence-corrected chi connectivity index (χ0v) is 15.3. The molecule has 146 valence electrons.